The van der Waals surface area contributed by atoms with Gasteiger partial charge in [0.05, 0.1) is 19.2 Å². The second-order valence-electron chi connectivity index (χ2n) is 4.63. The zero-order valence-corrected chi connectivity index (χ0v) is 12.1. The predicted molar refractivity (Wildman–Crippen MR) is 75.3 cm³/mol. The molecule has 1 saturated carbocycles. The van der Waals surface area contributed by atoms with Crippen LogP contribution in [0.2, 0.25) is 0 Å². The van der Waals surface area contributed by atoms with Crippen LogP contribution in [-0.4, -0.2) is 25.5 Å². The Bertz CT molecular complexity index is 428. The Balaban J connectivity index is 2.00. The second-order valence-corrected chi connectivity index (χ2v) is 5.55. The average Bonchev–Trinajstić information content (AvgIpc) is 2.89. The van der Waals surface area contributed by atoms with Crippen molar-refractivity contribution < 1.29 is 9.53 Å². The lowest BCUT2D eigenvalue weighted by molar-refractivity contribution is 0.0984. The van der Waals surface area contributed by atoms with Gasteiger partial charge >= 0.3 is 0 Å². The number of Topliss-reactive ketones (excluding diaryl/α,β-unsaturated/α-hetero) is 1. The maximum atomic E-state index is 12.2. The molecule has 1 fully saturated rings. The maximum absolute atomic E-state index is 12.2. The summed E-state index contributed by atoms with van der Waals surface area (Å²) in [7, 11) is 1.59. The molecular formula is C14H18BrNO2. The molecule has 1 aliphatic rings. The van der Waals surface area contributed by atoms with Crippen LogP contribution in [0.5, 0.6) is 5.75 Å². The molecule has 18 heavy (non-hydrogen) atoms. The zero-order chi connectivity index (χ0) is 13.0. The first-order chi connectivity index (χ1) is 8.70. The molecule has 0 saturated heterocycles. The van der Waals surface area contributed by atoms with Gasteiger partial charge in [-0.05, 0) is 31.0 Å². The Kier molecular flexibility index (Phi) is 4.78. The molecule has 0 atom stereocenters. The van der Waals surface area contributed by atoms with E-state index in [0.29, 0.717) is 23.9 Å². The summed E-state index contributed by atoms with van der Waals surface area (Å²) in [4.78, 5) is 12.2. The maximum Gasteiger partial charge on any atom is 0.180 e. The Morgan fingerprint density at radius 3 is 2.83 bits per heavy atom. The minimum absolute atomic E-state index is 0.0834. The highest BCUT2D eigenvalue weighted by Crippen LogP contribution is 2.23. The van der Waals surface area contributed by atoms with Crippen LogP contribution in [0.25, 0.3) is 0 Å². The van der Waals surface area contributed by atoms with E-state index in [-0.39, 0.29) is 5.78 Å². The Labute approximate surface area is 116 Å². The minimum Gasteiger partial charge on any atom is -0.496 e. The topological polar surface area (TPSA) is 38.3 Å². The van der Waals surface area contributed by atoms with Gasteiger partial charge in [0.2, 0.25) is 0 Å². The molecular weight excluding hydrogens is 294 g/mol. The van der Waals surface area contributed by atoms with E-state index in [0.717, 1.165) is 4.47 Å². The van der Waals surface area contributed by atoms with E-state index in [1.807, 2.05) is 18.2 Å². The molecule has 0 unspecified atom stereocenters. The summed E-state index contributed by atoms with van der Waals surface area (Å²) in [6.07, 6.45) is 4.91. The number of methoxy groups -OCH3 is 1. The molecule has 0 bridgehead atoms. The lowest BCUT2D eigenvalue weighted by atomic mass is 10.1. The van der Waals surface area contributed by atoms with Crippen LogP contribution in [0.1, 0.15) is 36.0 Å². The first-order valence-electron chi connectivity index (χ1n) is 6.31. The first-order valence-corrected chi connectivity index (χ1v) is 7.10. The lowest BCUT2D eigenvalue weighted by Crippen LogP contribution is -2.31. The third kappa shape index (κ3) is 3.33. The van der Waals surface area contributed by atoms with E-state index >= 15 is 0 Å². The summed E-state index contributed by atoms with van der Waals surface area (Å²) < 4.78 is 6.12. The van der Waals surface area contributed by atoms with Gasteiger partial charge in [0.25, 0.3) is 0 Å². The van der Waals surface area contributed by atoms with Crippen molar-refractivity contribution in [1.82, 2.24) is 5.32 Å². The molecule has 0 radical (unpaired) electrons. The fourth-order valence-corrected chi connectivity index (χ4v) is 2.72. The third-order valence-corrected chi connectivity index (χ3v) is 3.86. The Hall–Kier alpha value is -0.870. The van der Waals surface area contributed by atoms with E-state index in [2.05, 4.69) is 21.2 Å². The van der Waals surface area contributed by atoms with Gasteiger partial charge in [-0.25, -0.2) is 0 Å². The van der Waals surface area contributed by atoms with Crippen molar-refractivity contribution in [2.24, 2.45) is 0 Å². The van der Waals surface area contributed by atoms with Crippen LogP contribution in [0.4, 0.5) is 0 Å². The summed E-state index contributed by atoms with van der Waals surface area (Å²) in [5.74, 6) is 0.719. The summed E-state index contributed by atoms with van der Waals surface area (Å²) in [5, 5.41) is 3.33. The summed E-state index contributed by atoms with van der Waals surface area (Å²) in [5.41, 5.74) is 0.636. The SMILES string of the molecule is COc1ccc(Br)cc1C(=O)CNC1CCCC1. The van der Waals surface area contributed by atoms with Crippen molar-refractivity contribution in [3.05, 3.63) is 28.2 Å². The fraction of sp³-hybridized carbons (Fsp3) is 0.500. The van der Waals surface area contributed by atoms with E-state index < -0.39 is 0 Å². The van der Waals surface area contributed by atoms with E-state index in [1.165, 1.54) is 25.7 Å². The number of ether oxygens (including phenoxy) is 1. The Morgan fingerprint density at radius 1 is 1.44 bits per heavy atom. The van der Waals surface area contributed by atoms with Crippen molar-refractivity contribution in [1.29, 1.82) is 0 Å². The molecule has 0 amide bonds. The van der Waals surface area contributed by atoms with Crippen molar-refractivity contribution >= 4 is 21.7 Å². The molecule has 2 rings (SSSR count). The molecule has 0 aliphatic heterocycles. The van der Waals surface area contributed by atoms with Crippen LogP contribution in [0, 0.1) is 0 Å². The zero-order valence-electron chi connectivity index (χ0n) is 10.5. The number of nitrogens with one attached hydrogen (secondary N) is 1. The largest absolute Gasteiger partial charge is 0.496 e. The van der Waals surface area contributed by atoms with Gasteiger partial charge in [-0.1, -0.05) is 28.8 Å². The average molecular weight is 312 g/mol. The number of rotatable bonds is 5. The van der Waals surface area contributed by atoms with E-state index in [1.54, 1.807) is 7.11 Å². The fourth-order valence-electron chi connectivity index (χ4n) is 2.36. The molecule has 1 aromatic rings. The quantitative estimate of drug-likeness (QED) is 0.849. The first kappa shape index (κ1) is 13.6. The number of carbonyl (C=O) groups excluding carboxylic acids is 1. The normalized spacial score (nSPS) is 15.9. The van der Waals surface area contributed by atoms with Gasteiger partial charge < -0.3 is 10.1 Å². The number of hydrogen-bond donors (Lipinski definition) is 1. The van der Waals surface area contributed by atoms with Gasteiger partial charge in [0.15, 0.2) is 5.78 Å². The number of halogens is 1. The standard InChI is InChI=1S/C14H18BrNO2/c1-18-14-7-6-10(15)8-12(14)13(17)9-16-11-4-2-3-5-11/h6-8,11,16H,2-5,9H2,1H3. The lowest BCUT2D eigenvalue weighted by Gasteiger charge is -2.12. The van der Waals surface area contributed by atoms with E-state index in [4.69, 9.17) is 4.74 Å². The van der Waals surface area contributed by atoms with Gasteiger partial charge in [0.1, 0.15) is 5.75 Å². The van der Waals surface area contributed by atoms with Gasteiger partial charge in [-0.15, -0.1) is 0 Å². The Morgan fingerprint density at radius 2 is 2.17 bits per heavy atom. The highest BCUT2D eigenvalue weighted by molar-refractivity contribution is 9.10. The minimum atomic E-state index is 0.0834. The summed E-state index contributed by atoms with van der Waals surface area (Å²) >= 11 is 3.38. The molecule has 3 nitrogen and oxygen atoms in total. The number of ketones is 1. The molecule has 1 N–H and O–H groups in total. The number of benzene rings is 1. The predicted octanol–water partition coefficient (Wildman–Crippen LogP) is 3.17. The van der Waals surface area contributed by atoms with Crippen molar-refractivity contribution in [2.45, 2.75) is 31.7 Å². The highest BCUT2D eigenvalue weighted by Gasteiger charge is 2.17. The van der Waals surface area contributed by atoms with Crippen molar-refractivity contribution in [3.63, 3.8) is 0 Å². The smallest absolute Gasteiger partial charge is 0.180 e. The molecule has 1 aliphatic carbocycles. The van der Waals surface area contributed by atoms with Crippen molar-refractivity contribution in [2.75, 3.05) is 13.7 Å². The number of carbonyl (C=O) groups is 1. The van der Waals surface area contributed by atoms with Gasteiger partial charge in [0, 0.05) is 10.5 Å². The van der Waals surface area contributed by atoms with Crippen LogP contribution in [-0.2, 0) is 0 Å². The molecule has 0 aromatic heterocycles. The third-order valence-electron chi connectivity index (χ3n) is 3.37. The van der Waals surface area contributed by atoms with Crippen molar-refractivity contribution in [3.8, 4) is 5.75 Å². The van der Waals surface area contributed by atoms with Gasteiger partial charge in [-0.2, -0.15) is 0 Å². The monoisotopic (exact) mass is 311 g/mol. The van der Waals surface area contributed by atoms with Crippen LogP contribution in [0.3, 0.4) is 0 Å². The molecule has 4 heteroatoms. The molecule has 1 aromatic carbocycles. The van der Waals surface area contributed by atoms with Gasteiger partial charge in [-0.3, -0.25) is 4.79 Å². The van der Waals surface area contributed by atoms with Crippen LogP contribution >= 0.6 is 15.9 Å². The highest BCUT2D eigenvalue weighted by atomic mass is 79.9. The molecule has 0 heterocycles. The molecule has 98 valence electrons. The van der Waals surface area contributed by atoms with E-state index in [9.17, 15) is 4.79 Å². The summed E-state index contributed by atoms with van der Waals surface area (Å²) in [6.45, 7) is 0.386. The summed E-state index contributed by atoms with van der Waals surface area (Å²) in [6, 6.07) is 6.01. The van der Waals surface area contributed by atoms with Crippen LogP contribution in [0.15, 0.2) is 22.7 Å². The van der Waals surface area contributed by atoms with Crippen LogP contribution < -0.4 is 10.1 Å². The number of hydrogen-bond acceptors (Lipinski definition) is 3. The second kappa shape index (κ2) is 6.34. The molecule has 0 spiro atoms.